The van der Waals surface area contributed by atoms with Crippen molar-refractivity contribution in [1.82, 2.24) is 0 Å². The molecule has 0 unspecified atom stereocenters. The van der Waals surface area contributed by atoms with Gasteiger partial charge in [-0.15, -0.1) is 0 Å². The molecule has 0 atom stereocenters. The Bertz CT molecular complexity index is 160. The van der Waals surface area contributed by atoms with E-state index in [9.17, 15) is 0 Å². The summed E-state index contributed by atoms with van der Waals surface area (Å²) in [6.07, 6.45) is 16.0. The molecule has 0 heterocycles. The molecule has 0 rings (SSSR count). The van der Waals surface area contributed by atoms with Gasteiger partial charge in [-0.25, -0.2) is 0 Å². The summed E-state index contributed by atoms with van der Waals surface area (Å²) >= 11 is 0. The van der Waals surface area contributed by atoms with Gasteiger partial charge in [0.15, 0.2) is 0 Å². The lowest BCUT2D eigenvalue weighted by molar-refractivity contribution is -0.0602. The summed E-state index contributed by atoms with van der Waals surface area (Å²) < 4.78 is 6.16. The third-order valence-corrected chi connectivity index (χ3v) is 4.10. The summed E-state index contributed by atoms with van der Waals surface area (Å²) in [5.41, 5.74) is 0.196. The normalized spacial score (nSPS) is 12.0. The third kappa shape index (κ3) is 9.49. The largest absolute Gasteiger partial charge is 0.375 e. The van der Waals surface area contributed by atoms with Crippen LogP contribution >= 0.6 is 0 Å². The van der Waals surface area contributed by atoms with E-state index in [4.69, 9.17) is 4.74 Å². The van der Waals surface area contributed by atoms with E-state index in [1.165, 1.54) is 77.0 Å². The zero-order valence-corrected chi connectivity index (χ0v) is 14.1. The maximum absolute atomic E-state index is 6.16. The Labute approximate surface area is 122 Å². The third-order valence-electron chi connectivity index (χ3n) is 4.10. The van der Waals surface area contributed by atoms with E-state index in [0.29, 0.717) is 0 Å². The number of rotatable bonds is 14. The van der Waals surface area contributed by atoms with Crippen molar-refractivity contribution in [2.24, 2.45) is 0 Å². The highest BCUT2D eigenvalue weighted by atomic mass is 16.5. The maximum Gasteiger partial charge on any atom is 0.0682 e. The molecule has 0 aliphatic carbocycles. The highest BCUT2D eigenvalue weighted by Gasteiger charge is 2.27. The van der Waals surface area contributed by atoms with Gasteiger partial charge in [0.1, 0.15) is 0 Å². The van der Waals surface area contributed by atoms with Crippen LogP contribution in [-0.4, -0.2) is 12.2 Å². The summed E-state index contributed by atoms with van der Waals surface area (Å²) in [5.74, 6) is 0. The molecule has 0 aliphatic heterocycles. The molecule has 0 saturated heterocycles. The first kappa shape index (κ1) is 19.0. The molecule has 0 saturated carbocycles. The molecular formula is C18H38O. The van der Waals surface area contributed by atoms with Crippen LogP contribution in [0.1, 0.15) is 105 Å². The van der Waals surface area contributed by atoms with E-state index in [0.717, 1.165) is 6.61 Å². The van der Waals surface area contributed by atoms with Crippen LogP contribution in [0.3, 0.4) is 0 Å². The van der Waals surface area contributed by atoms with Gasteiger partial charge in [-0.2, -0.15) is 0 Å². The summed E-state index contributed by atoms with van der Waals surface area (Å²) in [6.45, 7) is 9.87. The molecular weight excluding hydrogens is 232 g/mol. The van der Waals surface area contributed by atoms with Crippen LogP contribution in [0, 0.1) is 0 Å². The average Bonchev–Trinajstić information content (AvgIpc) is 2.39. The van der Waals surface area contributed by atoms with Crippen molar-refractivity contribution in [3.63, 3.8) is 0 Å². The fraction of sp³-hybridized carbons (Fsp3) is 1.00. The van der Waals surface area contributed by atoms with Crippen molar-refractivity contribution in [2.75, 3.05) is 6.61 Å². The Kier molecular flexibility index (Phi) is 12.9. The Balaban J connectivity index is 3.89. The smallest absolute Gasteiger partial charge is 0.0682 e. The molecule has 0 aromatic rings. The predicted molar refractivity (Wildman–Crippen MR) is 86.8 cm³/mol. The Hall–Kier alpha value is -0.0400. The number of ether oxygens (including phenoxy) is 1. The minimum atomic E-state index is 0.196. The van der Waals surface area contributed by atoms with Crippen molar-refractivity contribution >= 4 is 0 Å². The zero-order chi connectivity index (χ0) is 14.4. The fourth-order valence-corrected chi connectivity index (χ4v) is 3.21. The summed E-state index contributed by atoms with van der Waals surface area (Å²) in [4.78, 5) is 0. The molecule has 19 heavy (non-hydrogen) atoms. The van der Waals surface area contributed by atoms with Gasteiger partial charge in [0.25, 0.3) is 0 Å². The van der Waals surface area contributed by atoms with Crippen LogP contribution in [0.2, 0.25) is 0 Å². The topological polar surface area (TPSA) is 9.23 Å². The van der Waals surface area contributed by atoms with Gasteiger partial charge in [-0.05, 0) is 26.2 Å². The van der Waals surface area contributed by atoms with Crippen molar-refractivity contribution in [2.45, 2.75) is 110 Å². The molecule has 0 aliphatic rings. The molecule has 1 nitrogen and oxygen atoms in total. The molecule has 0 aromatic carbocycles. The minimum absolute atomic E-state index is 0.196. The Morgan fingerprint density at radius 2 is 1.11 bits per heavy atom. The predicted octanol–water partition coefficient (Wildman–Crippen LogP) is 6.50. The summed E-state index contributed by atoms with van der Waals surface area (Å²) in [6, 6.07) is 0. The molecule has 1 heteroatoms. The monoisotopic (exact) mass is 270 g/mol. The van der Waals surface area contributed by atoms with E-state index in [1.807, 2.05) is 0 Å². The second kappa shape index (κ2) is 13.0. The van der Waals surface area contributed by atoms with Crippen molar-refractivity contribution < 1.29 is 4.74 Å². The lowest BCUT2D eigenvalue weighted by atomic mass is 9.86. The highest BCUT2D eigenvalue weighted by molar-refractivity contribution is 4.80. The summed E-state index contributed by atoms with van der Waals surface area (Å²) in [5, 5.41) is 0. The molecule has 0 amide bonds. The Morgan fingerprint density at radius 1 is 0.579 bits per heavy atom. The van der Waals surface area contributed by atoms with Crippen LogP contribution in [-0.2, 0) is 4.74 Å². The second-order valence-corrected chi connectivity index (χ2v) is 5.99. The number of hydrogen-bond donors (Lipinski definition) is 0. The van der Waals surface area contributed by atoms with Gasteiger partial charge in [0.2, 0.25) is 0 Å². The van der Waals surface area contributed by atoms with E-state index >= 15 is 0 Å². The molecule has 0 aromatic heterocycles. The van der Waals surface area contributed by atoms with E-state index in [1.54, 1.807) is 0 Å². The first-order chi connectivity index (χ1) is 9.24. The number of hydrogen-bond acceptors (Lipinski definition) is 1. The SMILES string of the molecule is CCCCCCCCCC(CCC)(CCC)OCC. The molecule has 116 valence electrons. The Morgan fingerprint density at radius 3 is 1.58 bits per heavy atom. The van der Waals surface area contributed by atoms with Crippen LogP contribution in [0.5, 0.6) is 0 Å². The van der Waals surface area contributed by atoms with Crippen LogP contribution in [0.25, 0.3) is 0 Å². The molecule has 0 N–H and O–H groups in total. The van der Waals surface area contributed by atoms with E-state index in [-0.39, 0.29) is 5.60 Å². The van der Waals surface area contributed by atoms with E-state index < -0.39 is 0 Å². The fourth-order valence-electron chi connectivity index (χ4n) is 3.21. The second-order valence-electron chi connectivity index (χ2n) is 5.99. The lowest BCUT2D eigenvalue weighted by Crippen LogP contribution is -2.32. The van der Waals surface area contributed by atoms with Gasteiger partial charge >= 0.3 is 0 Å². The van der Waals surface area contributed by atoms with Crippen molar-refractivity contribution in [3.8, 4) is 0 Å². The van der Waals surface area contributed by atoms with Crippen LogP contribution in [0.4, 0.5) is 0 Å². The molecule has 0 fully saturated rings. The van der Waals surface area contributed by atoms with E-state index in [2.05, 4.69) is 27.7 Å². The van der Waals surface area contributed by atoms with Crippen molar-refractivity contribution in [1.29, 1.82) is 0 Å². The molecule has 0 bridgehead atoms. The molecule has 0 spiro atoms. The zero-order valence-electron chi connectivity index (χ0n) is 14.1. The molecule has 0 radical (unpaired) electrons. The summed E-state index contributed by atoms with van der Waals surface area (Å²) in [7, 11) is 0. The van der Waals surface area contributed by atoms with Gasteiger partial charge in [0.05, 0.1) is 5.60 Å². The average molecular weight is 271 g/mol. The first-order valence-corrected chi connectivity index (χ1v) is 8.88. The quantitative estimate of drug-likeness (QED) is 0.327. The van der Waals surface area contributed by atoms with Gasteiger partial charge < -0.3 is 4.74 Å². The van der Waals surface area contributed by atoms with Gasteiger partial charge in [-0.1, -0.05) is 78.6 Å². The minimum Gasteiger partial charge on any atom is -0.375 e. The standard InChI is InChI=1S/C18H38O/c1-5-9-10-11-12-13-14-17-18(15-6-2,16-7-3)19-8-4/h5-17H2,1-4H3. The van der Waals surface area contributed by atoms with Crippen LogP contribution in [0.15, 0.2) is 0 Å². The highest BCUT2D eigenvalue weighted by Crippen LogP contribution is 2.30. The number of unbranched alkanes of at least 4 members (excludes halogenated alkanes) is 6. The maximum atomic E-state index is 6.16. The first-order valence-electron chi connectivity index (χ1n) is 8.88. The van der Waals surface area contributed by atoms with Gasteiger partial charge in [0, 0.05) is 6.61 Å². The van der Waals surface area contributed by atoms with Crippen molar-refractivity contribution in [3.05, 3.63) is 0 Å². The lowest BCUT2D eigenvalue weighted by Gasteiger charge is -2.33. The van der Waals surface area contributed by atoms with Crippen LogP contribution < -0.4 is 0 Å². The van der Waals surface area contributed by atoms with Gasteiger partial charge in [-0.3, -0.25) is 0 Å².